The fraction of sp³-hybridized carbons (Fsp3) is 0.600. The van der Waals surface area contributed by atoms with Gasteiger partial charge >= 0.3 is 0 Å². The van der Waals surface area contributed by atoms with Crippen LogP contribution < -0.4 is 5.32 Å². The number of rotatable bonds is 3. The molecule has 0 aromatic heterocycles. The van der Waals surface area contributed by atoms with Gasteiger partial charge in [-0.2, -0.15) is 0 Å². The van der Waals surface area contributed by atoms with Gasteiger partial charge in [0, 0.05) is 19.1 Å². The Balaban J connectivity index is 1.43. The van der Waals surface area contributed by atoms with E-state index in [-0.39, 0.29) is 17.9 Å². The fourth-order valence-electron chi connectivity index (χ4n) is 4.21. The Morgan fingerprint density at radius 3 is 2.46 bits per heavy atom. The number of fused-ring (bicyclic) bond motifs is 1. The van der Waals surface area contributed by atoms with E-state index in [1.54, 1.807) is 0 Å². The molecule has 4 heteroatoms. The van der Waals surface area contributed by atoms with Gasteiger partial charge in [-0.05, 0) is 43.2 Å². The van der Waals surface area contributed by atoms with Gasteiger partial charge < -0.3 is 10.2 Å². The highest BCUT2D eigenvalue weighted by Crippen LogP contribution is 2.48. The third-order valence-electron chi connectivity index (χ3n) is 5.95. The van der Waals surface area contributed by atoms with E-state index >= 15 is 0 Å². The van der Waals surface area contributed by atoms with E-state index in [2.05, 4.69) is 23.5 Å². The number of nitrogens with zero attached hydrogens (tertiary/aromatic N) is 1. The second kappa shape index (κ2) is 6.23. The van der Waals surface area contributed by atoms with Crippen molar-refractivity contribution >= 4 is 11.8 Å². The summed E-state index contributed by atoms with van der Waals surface area (Å²) < 4.78 is 0. The number of hydrogen-bond acceptors (Lipinski definition) is 2. The zero-order valence-electron chi connectivity index (χ0n) is 14.2. The van der Waals surface area contributed by atoms with Gasteiger partial charge in [0.15, 0.2) is 0 Å². The van der Waals surface area contributed by atoms with Crippen LogP contribution in [0.4, 0.5) is 0 Å². The molecule has 0 atom stereocenters. The molecule has 1 aromatic rings. The number of hydrogen-bond donors (Lipinski definition) is 1. The van der Waals surface area contributed by atoms with E-state index in [0.717, 1.165) is 25.8 Å². The largest absolute Gasteiger partial charge is 0.352 e. The molecule has 1 heterocycles. The lowest BCUT2D eigenvalue weighted by molar-refractivity contribution is -0.145. The molecule has 2 saturated carbocycles. The van der Waals surface area contributed by atoms with Gasteiger partial charge in [0.2, 0.25) is 11.8 Å². The van der Waals surface area contributed by atoms with Gasteiger partial charge in [0.05, 0.1) is 0 Å². The summed E-state index contributed by atoms with van der Waals surface area (Å²) in [7, 11) is 0. The molecule has 1 N–H and O–H groups in total. The first kappa shape index (κ1) is 15.7. The van der Waals surface area contributed by atoms with Crippen LogP contribution >= 0.6 is 0 Å². The first-order valence-electron chi connectivity index (χ1n) is 9.36. The summed E-state index contributed by atoms with van der Waals surface area (Å²) in [6.07, 6.45) is 8.08. The van der Waals surface area contributed by atoms with E-state index in [0.29, 0.717) is 19.4 Å². The molecular weight excluding hydrogens is 300 g/mol. The normalized spacial score (nSPS) is 22.6. The molecule has 0 bridgehead atoms. The van der Waals surface area contributed by atoms with Crippen molar-refractivity contribution in [3.8, 4) is 0 Å². The van der Waals surface area contributed by atoms with Crippen molar-refractivity contribution in [1.82, 2.24) is 10.2 Å². The maximum absolute atomic E-state index is 13.0. The molecule has 4 nitrogen and oxygen atoms in total. The number of carbonyl (C=O) groups excluding carboxylic acids is 2. The Labute approximate surface area is 143 Å². The molecule has 0 radical (unpaired) electrons. The molecule has 4 rings (SSSR count). The molecule has 128 valence electrons. The fourth-order valence-corrected chi connectivity index (χ4v) is 4.21. The maximum Gasteiger partial charge on any atom is 0.238 e. The van der Waals surface area contributed by atoms with Crippen LogP contribution in [0.15, 0.2) is 24.3 Å². The third-order valence-corrected chi connectivity index (χ3v) is 5.95. The minimum absolute atomic E-state index is 0.0155. The van der Waals surface area contributed by atoms with Crippen molar-refractivity contribution < 1.29 is 9.59 Å². The number of benzene rings is 1. The lowest BCUT2D eigenvalue weighted by Crippen LogP contribution is -2.49. The predicted molar refractivity (Wildman–Crippen MR) is 92.2 cm³/mol. The molecular formula is C20H26N2O2. The minimum atomic E-state index is -0.760. The van der Waals surface area contributed by atoms with E-state index < -0.39 is 5.41 Å². The van der Waals surface area contributed by atoms with E-state index in [1.165, 1.54) is 30.4 Å². The lowest BCUT2D eigenvalue weighted by atomic mass is 9.93. The molecule has 0 spiro atoms. The maximum atomic E-state index is 13.0. The van der Waals surface area contributed by atoms with E-state index in [1.807, 2.05) is 11.0 Å². The molecule has 0 unspecified atom stereocenters. The SMILES string of the molecule is O=C(NC1CCCCC1)C1(C(=O)N2CCc3ccccc3C2)CC1. The van der Waals surface area contributed by atoms with Gasteiger partial charge in [0.25, 0.3) is 0 Å². The summed E-state index contributed by atoms with van der Waals surface area (Å²) in [6, 6.07) is 8.58. The summed E-state index contributed by atoms with van der Waals surface area (Å²) in [6.45, 7) is 1.38. The van der Waals surface area contributed by atoms with Gasteiger partial charge in [0.1, 0.15) is 5.41 Å². The Hall–Kier alpha value is -1.84. The van der Waals surface area contributed by atoms with Crippen molar-refractivity contribution in [2.24, 2.45) is 5.41 Å². The lowest BCUT2D eigenvalue weighted by Gasteiger charge is -2.32. The molecule has 2 aliphatic carbocycles. The average Bonchev–Trinajstić information content (AvgIpc) is 3.43. The second-order valence-electron chi connectivity index (χ2n) is 7.64. The predicted octanol–water partition coefficient (Wildman–Crippen LogP) is 2.80. The van der Waals surface area contributed by atoms with Crippen LogP contribution in [-0.2, 0) is 22.6 Å². The highest BCUT2D eigenvalue weighted by molar-refractivity contribution is 6.08. The number of carbonyl (C=O) groups is 2. The highest BCUT2D eigenvalue weighted by atomic mass is 16.2. The Bertz CT molecular complexity index is 645. The zero-order chi connectivity index (χ0) is 16.6. The van der Waals surface area contributed by atoms with Crippen molar-refractivity contribution in [2.75, 3.05) is 6.54 Å². The average molecular weight is 326 g/mol. The summed E-state index contributed by atoms with van der Waals surface area (Å²) >= 11 is 0. The molecule has 1 aromatic carbocycles. The second-order valence-corrected chi connectivity index (χ2v) is 7.64. The molecule has 24 heavy (non-hydrogen) atoms. The Morgan fingerprint density at radius 1 is 1.04 bits per heavy atom. The highest BCUT2D eigenvalue weighted by Gasteiger charge is 2.58. The van der Waals surface area contributed by atoms with Crippen LogP contribution in [0.5, 0.6) is 0 Å². The minimum Gasteiger partial charge on any atom is -0.352 e. The van der Waals surface area contributed by atoms with Crippen LogP contribution in [0.2, 0.25) is 0 Å². The van der Waals surface area contributed by atoms with Gasteiger partial charge in [-0.15, -0.1) is 0 Å². The van der Waals surface area contributed by atoms with Crippen LogP contribution in [0.25, 0.3) is 0 Å². The molecule has 2 amide bonds. The third kappa shape index (κ3) is 2.83. The van der Waals surface area contributed by atoms with E-state index in [9.17, 15) is 9.59 Å². The number of amides is 2. The quantitative estimate of drug-likeness (QED) is 0.868. The Kier molecular flexibility index (Phi) is 4.07. The van der Waals surface area contributed by atoms with Crippen molar-refractivity contribution in [2.45, 2.75) is 64.0 Å². The Morgan fingerprint density at radius 2 is 1.75 bits per heavy atom. The zero-order valence-corrected chi connectivity index (χ0v) is 14.2. The van der Waals surface area contributed by atoms with Crippen molar-refractivity contribution in [3.63, 3.8) is 0 Å². The van der Waals surface area contributed by atoms with Gasteiger partial charge in [-0.3, -0.25) is 9.59 Å². The number of nitrogens with one attached hydrogen (secondary N) is 1. The van der Waals surface area contributed by atoms with Crippen LogP contribution in [0.3, 0.4) is 0 Å². The monoisotopic (exact) mass is 326 g/mol. The topological polar surface area (TPSA) is 49.4 Å². The van der Waals surface area contributed by atoms with E-state index in [4.69, 9.17) is 0 Å². The van der Waals surface area contributed by atoms with Crippen LogP contribution in [-0.4, -0.2) is 29.3 Å². The van der Waals surface area contributed by atoms with Crippen LogP contribution in [0.1, 0.15) is 56.1 Å². The smallest absolute Gasteiger partial charge is 0.238 e. The standard InChI is InChI=1S/C20H26N2O2/c23-18(21-17-8-2-1-3-9-17)20(11-12-20)19(24)22-13-10-15-6-4-5-7-16(15)14-22/h4-7,17H,1-3,8-14H2,(H,21,23). The summed E-state index contributed by atoms with van der Waals surface area (Å²) in [4.78, 5) is 27.7. The first-order valence-corrected chi connectivity index (χ1v) is 9.36. The van der Waals surface area contributed by atoms with Gasteiger partial charge in [-0.25, -0.2) is 0 Å². The molecule has 3 aliphatic rings. The summed E-state index contributed by atoms with van der Waals surface area (Å²) in [5, 5.41) is 3.17. The molecule has 1 aliphatic heterocycles. The van der Waals surface area contributed by atoms with Crippen molar-refractivity contribution in [1.29, 1.82) is 0 Å². The van der Waals surface area contributed by atoms with Crippen LogP contribution in [0, 0.1) is 5.41 Å². The van der Waals surface area contributed by atoms with Gasteiger partial charge in [-0.1, -0.05) is 43.5 Å². The molecule has 2 fully saturated rings. The summed E-state index contributed by atoms with van der Waals surface area (Å²) in [5.74, 6) is 0.0311. The summed E-state index contributed by atoms with van der Waals surface area (Å²) in [5.41, 5.74) is 1.79. The first-order chi connectivity index (χ1) is 11.7. The van der Waals surface area contributed by atoms with Crippen molar-refractivity contribution in [3.05, 3.63) is 35.4 Å². The molecule has 0 saturated heterocycles.